The van der Waals surface area contributed by atoms with E-state index < -0.39 is 5.60 Å². The highest BCUT2D eigenvalue weighted by Crippen LogP contribution is 2.52. The largest absolute Gasteiger partial charge is 0.389 e. The van der Waals surface area contributed by atoms with Gasteiger partial charge in [0.25, 0.3) is 0 Å². The number of halogens is 1. The number of hydrogen-bond acceptors (Lipinski definition) is 2. The second-order valence-corrected chi connectivity index (χ2v) is 6.42. The van der Waals surface area contributed by atoms with Gasteiger partial charge in [0.1, 0.15) is 0 Å². The fraction of sp³-hybridized carbons (Fsp3) is 0.786. The molecule has 2 saturated carbocycles. The Balaban J connectivity index is 1.87. The minimum absolute atomic E-state index is 0.471. The molecule has 4 heteroatoms. The summed E-state index contributed by atoms with van der Waals surface area (Å²) in [6.45, 7) is 2.06. The highest BCUT2D eigenvalue weighted by molar-refractivity contribution is 6.31. The second-order valence-electron chi connectivity index (χ2n) is 6.05. The molecule has 2 fully saturated rings. The molecule has 3 nitrogen and oxygen atoms in total. The van der Waals surface area contributed by atoms with Crippen LogP contribution in [0.2, 0.25) is 5.02 Å². The molecule has 0 aromatic carbocycles. The molecule has 1 aromatic heterocycles. The number of nitrogens with zero attached hydrogens (tertiary/aromatic N) is 2. The molecule has 1 heterocycles. The number of fused-ring (bicyclic) bond motifs is 2. The highest BCUT2D eigenvalue weighted by Gasteiger charge is 2.50. The third-order valence-corrected chi connectivity index (χ3v) is 5.36. The fourth-order valence-electron chi connectivity index (χ4n) is 3.93. The van der Waals surface area contributed by atoms with Crippen LogP contribution in [0.4, 0.5) is 0 Å². The summed E-state index contributed by atoms with van der Waals surface area (Å²) < 4.78 is 1.85. The number of rotatable bonds is 3. The van der Waals surface area contributed by atoms with Crippen LogP contribution in [0.1, 0.15) is 44.0 Å². The molecule has 0 spiro atoms. The van der Waals surface area contributed by atoms with E-state index in [1.807, 2.05) is 11.7 Å². The smallest absolute Gasteiger partial charge is 0.0850 e. The van der Waals surface area contributed by atoms with Crippen LogP contribution in [0, 0.1) is 11.8 Å². The lowest BCUT2D eigenvalue weighted by Crippen LogP contribution is -2.38. The first kappa shape index (κ1) is 12.5. The zero-order valence-corrected chi connectivity index (χ0v) is 11.9. The Hall–Kier alpha value is -0.540. The van der Waals surface area contributed by atoms with E-state index in [9.17, 15) is 5.11 Å². The van der Waals surface area contributed by atoms with E-state index in [0.29, 0.717) is 12.3 Å². The third-order valence-electron chi connectivity index (χ3n) is 4.92. The Morgan fingerprint density at radius 2 is 2.28 bits per heavy atom. The van der Waals surface area contributed by atoms with Crippen LogP contribution in [-0.4, -0.2) is 20.5 Å². The van der Waals surface area contributed by atoms with E-state index in [2.05, 4.69) is 12.0 Å². The lowest BCUT2D eigenvalue weighted by atomic mass is 9.81. The lowest BCUT2D eigenvalue weighted by molar-refractivity contribution is -0.0139. The summed E-state index contributed by atoms with van der Waals surface area (Å²) in [4.78, 5) is 0. The maximum absolute atomic E-state index is 10.9. The first-order valence-electron chi connectivity index (χ1n) is 6.96. The standard InChI is InChI=1S/C14H21ClN2O/c1-3-11-13(15)12(17(2)16-11)8-14(18)7-9-4-5-10(14)6-9/h9-10,18H,3-8H2,1-2H3. The van der Waals surface area contributed by atoms with Crippen molar-refractivity contribution in [2.45, 2.75) is 51.0 Å². The maximum atomic E-state index is 10.9. The van der Waals surface area contributed by atoms with Crippen LogP contribution in [0.25, 0.3) is 0 Å². The first-order valence-corrected chi connectivity index (χ1v) is 7.34. The summed E-state index contributed by atoms with van der Waals surface area (Å²) in [7, 11) is 1.93. The summed E-state index contributed by atoms with van der Waals surface area (Å²) in [6, 6.07) is 0. The third kappa shape index (κ3) is 1.79. The molecule has 2 bridgehead atoms. The quantitative estimate of drug-likeness (QED) is 0.915. The van der Waals surface area contributed by atoms with Crippen molar-refractivity contribution in [1.82, 2.24) is 9.78 Å². The minimum atomic E-state index is -0.536. The zero-order valence-electron chi connectivity index (χ0n) is 11.1. The van der Waals surface area contributed by atoms with Crippen molar-refractivity contribution in [3.05, 3.63) is 16.4 Å². The molecule has 3 unspecified atom stereocenters. The molecular formula is C14H21ClN2O. The van der Waals surface area contributed by atoms with Gasteiger partial charge in [0.2, 0.25) is 0 Å². The normalized spacial score (nSPS) is 34.4. The van der Waals surface area contributed by atoms with Crippen LogP contribution >= 0.6 is 11.6 Å². The molecule has 0 saturated heterocycles. The van der Waals surface area contributed by atoms with Gasteiger partial charge in [-0.25, -0.2) is 0 Å². The van der Waals surface area contributed by atoms with E-state index in [0.717, 1.165) is 35.2 Å². The number of aryl methyl sites for hydroxylation is 2. The second kappa shape index (κ2) is 4.24. The molecule has 3 rings (SSSR count). The number of hydrogen-bond donors (Lipinski definition) is 1. The Morgan fingerprint density at radius 3 is 2.78 bits per heavy atom. The molecule has 18 heavy (non-hydrogen) atoms. The lowest BCUT2D eigenvalue weighted by Gasteiger charge is -2.32. The van der Waals surface area contributed by atoms with Gasteiger partial charge in [-0.15, -0.1) is 0 Å². The Bertz CT molecular complexity index is 471. The Kier molecular flexibility index (Phi) is 2.94. The molecule has 1 N–H and O–H groups in total. The van der Waals surface area contributed by atoms with E-state index in [1.54, 1.807) is 0 Å². The molecule has 100 valence electrons. The van der Waals surface area contributed by atoms with Crippen molar-refractivity contribution < 1.29 is 5.11 Å². The summed E-state index contributed by atoms with van der Waals surface area (Å²) in [5.74, 6) is 1.20. The van der Waals surface area contributed by atoms with Crippen LogP contribution in [0.15, 0.2) is 0 Å². The van der Waals surface area contributed by atoms with Crippen LogP contribution < -0.4 is 0 Å². The van der Waals surface area contributed by atoms with Gasteiger partial charge in [-0.3, -0.25) is 4.68 Å². The van der Waals surface area contributed by atoms with Crippen molar-refractivity contribution in [2.75, 3.05) is 0 Å². The average Bonchev–Trinajstić information content (AvgIpc) is 2.97. The number of aliphatic hydroxyl groups is 1. The van der Waals surface area contributed by atoms with E-state index >= 15 is 0 Å². The van der Waals surface area contributed by atoms with Crippen molar-refractivity contribution in [1.29, 1.82) is 0 Å². The summed E-state index contributed by atoms with van der Waals surface area (Å²) in [5.41, 5.74) is 1.41. The SMILES string of the molecule is CCc1nn(C)c(CC2(O)CC3CCC2C3)c1Cl. The van der Waals surface area contributed by atoms with Crippen molar-refractivity contribution in [2.24, 2.45) is 18.9 Å². The van der Waals surface area contributed by atoms with E-state index in [1.165, 1.54) is 19.3 Å². The van der Waals surface area contributed by atoms with E-state index in [4.69, 9.17) is 11.6 Å². The van der Waals surface area contributed by atoms with Gasteiger partial charge in [0.05, 0.1) is 22.0 Å². The topological polar surface area (TPSA) is 38.0 Å². The van der Waals surface area contributed by atoms with Gasteiger partial charge in [-0.1, -0.05) is 18.5 Å². The molecule has 0 amide bonds. The highest BCUT2D eigenvalue weighted by atomic mass is 35.5. The maximum Gasteiger partial charge on any atom is 0.0850 e. The molecule has 0 aliphatic heterocycles. The molecule has 2 aliphatic rings. The average molecular weight is 269 g/mol. The van der Waals surface area contributed by atoms with Gasteiger partial charge in [0.15, 0.2) is 0 Å². The van der Waals surface area contributed by atoms with Crippen molar-refractivity contribution in [3.63, 3.8) is 0 Å². The predicted octanol–water partition coefficient (Wildman–Crippen LogP) is 2.73. The Labute approximate surface area is 113 Å². The summed E-state index contributed by atoms with van der Waals surface area (Å²) in [6.07, 6.45) is 6.13. The van der Waals surface area contributed by atoms with E-state index in [-0.39, 0.29) is 0 Å². The number of aromatic nitrogens is 2. The molecular weight excluding hydrogens is 248 g/mol. The molecule has 3 atom stereocenters. The van der Waals surface area contributed by atoms with Crippen LogP contribution in [0.5, 0.6) is 0 Å². The van der Waals surface area contributed by atoms with Gasteiger partial charge in [0, 0.05) is 13.5 Å². The molecule has 1 aromatic rings. The van der Waals surface area contributed by atoms with Gasteiger partial charge < -0.3 is 5.11 Å². The van der Waals surface area contributed by atoms with Crippen molar-refractivity contribution in [3.8, 4) is 0 Å². The fourth-order valence-corrected chi connectivity index (χ4v) is 4.29. The molecule has 0 radical (unpaired) electrons. The Morgan fingerprint density at radius 1 is 1.50 bits per heavy atom. The zero-order chi connectivity index (χ0) is 12.9. The molecule has 2 aliphatic carbocycles. The van der Waals surface area contributed by atoms with Gasteiger partial charge >= 0.3 is 0 Å². The van der Waals surface area contributed by atoms with Crippen LogP contribution in [0.3, 0.4) is 0 Å². The van der Waals surface area contributed by atoms with Gasteiger partial charge in [-0.05, 0) is 43.9 Å². The summed E-state index contributed by atoms with van der Waals surface area (Å²) >= 11 is 6.38. The van der Waals surface area contributed by atoms with Crippen LogP contribution in [-0.2, 0) is 19.9 Å². The predicted molar refractivity (Wildman–Crippen MR) is 71.7 cm³/mol. The monoisotopic (exact) mass is 268 g/mol. The van der Waals surface area contributed by atoms with Crippen molar-refractivity contribution >= 4 is 11.6 Å². The summed E-state index contributed by atoms with van der Waals surface area (Å²) in [5, 5.41) is 16.1. The minimum Gasteiger partial charge on any atom is -0.389 e. The van der Waals surface area contributed by atoms with Gasteiger partial charge in [-0.2, -0.15) is 5.10 Å². The first-order chi connectivity index (χ1) is 8.53.